The Morgan fingerprint density at radius 1 is 1.44 bits per heavy atom. The van der Waals surface area contributed by atoms with Crippen LogP contribution in [0.1, 0.15) is 12.8 Å². The number of amides is 1. The van der Waals surface area contributed by atoms with Gasteiger partial charge in [-0.05, 0) is 6.42 Å². The molecular weight excluding hydrogens is 260 g/mol. The fourth-order valence-electron chi connectivity index (χ4n) is 1.84. The molecule has 1 amide bonds. The third-order valence-electron chi connectivity index (χ3n) is 3.04. The number of halogens is 3. The van der Waals surface area contributed by atoms with Crippen molar-refractivity contribution in [1.29, 1.82) is 0 Å². The minimum absolute atomic E-state index is 0.0992. The van der Waals surface area contributed by atoms with Gasteiger partial charge < -0.3 is 10.0 Å². The zero-order valence-corrected chi connectivity index (χ0v) is 9.76. The molecule has 0 spiro atoms. The molecule has 0 radical (unpaired) electrons. The van der Waals surface area contributed by atoms with Gasteiger partial charge in [-0.25, -0.2) is 9.18 Å². The second-order valence-corrected chi connectivity index (χ2v) is 5.84. The molecule has 0 aromatic rings. The number of carboxylic acid groups (broad SMARTS) is 1. The number of alkyl halides is 3. The smallest absolute Gasteiger partial charge is 0.343 e. The molecule has 1 heterocycles. The molecule has 90 valence electrons. The normalized spacial score (nSPS) is 36.2. The largest absolute Gasteiger partial charge is 0.479 e. The summed E-state index contributed by atoms with van der Waals surface area (Å²) in [5.41, 5.74) is -2.33. The van der Waals surface area contributed by atoms with Gasteiger partial charge >= 0.3 is 5.97 Å². The van der Waals surface area contributed by atoms with Crippen molar-refractivity contribution in [3.8, 4) is 0 Å². The second-order valence-electron chi connectivity index (χ2n) is 4.30. The Labute approximate surface area is 101 Å². The van der Waals surface area contributed by atoms with Gasteiger partial charge in [-0.2, -0.15) is 0 Å². The molecular formula is C9H10Cl2FNO3. The maximum atomic E-state index is 13.7. The maximum Gasteiger partial charge on any atom is 0.343 e. The van der Waals surface area contributed by atoms with E-state index in [4.69, 9.17) is 28.3 Å². The minimum Gasteiger partial charge on any atom is -0.479 e. The van der Waals surface area contributed by atoms with Gasteiger partial charge in [0.25, 0.3) is 0 Å². The number of carbonyl (C=O) groups is 2. The van der Waals surface area contributed by atoms with Gasteiger partial charge in [-0.15, -0.1) is 23.2 Å². The van der Waals surface area contributed by atoms with E-state index >= 15 is 0 Å². The number of carboxylic acids is 1. The van der Waals surface area contributed by atoms with Crippen LogP contribution in [0.15, 0.2) is 0 Å². The van der Waals surface area contributed by atoms with Gasteiger partial charge in [0.15, 0.2) is 0 Å². The van der Waals surface area contributed by atoms with Crippen molar-refractivity contribution in [3.63, 3.8) is 0 Å². The van der Waals surface area contributed by atoms with Crippen LogP contribution in [0.25, 0.3) is 0 Å². The third-order valence-corrected chi connectivity index (χ3v) is 3.87. The van der Waals surface area contributed by atoms with Gasteiger partial charge in [0.05, 0.1) is 12.5 Å². The molecule has 0 aromatic carbocycles. The first kappa shape index (κ1) is 11.9. The molecule has 1 aliphatic carbocycles. The van der Waals surface area contributed by atoms with Gasteiger partial charge in [0.2, 0.25) is 11.6 Å². The monoisotopic (exact) mass is 269 g/mol. The summed E-state index contributed by atoms with van der Waals surface area (Å²) in [6.07, 6.45) is 0.163. The molecule has 0 aromatic heterocycles. The fraction of sp³-hybridized carbons (Fsp3) is 0.778. The van der Waals surface area contributed by atoms with E-state index in [1.165, 1.54) is 4.90 Å². The molecule has 1 saturated heterocycles. The average molecular weight is 270 g/mol. The number of hydrogen-bond acceptors (Lipinski definition) is 2. The lowest BCUT2D eigenvalue weighted by atomic mass is 10.1. The highest BCUT2D eigenvalue weighted by Crippen LogP contribution is 2.54. The highest BCUT2D eigenvalue weighted by Gasteiger charge is 2.59. The van der Waals surface area contributed by atoms with Crippen molar-refractivity contribution in [3.05, 3.63) is 0 Å². The topological polar surface area (TPSA) is 57.6 Å². The summed E-state index contributed by atoms with van der Waals surface area (Å²) in [6, 6.07) is 0. The first-order chi connectivity index (χ1) is 7.26. The van der Waals surface area contributed by atoms with Gasteiger partial charge in [-0.3, -0.25) is 4.79 Å². The van der Waals surface area contributed by atoms with Gasteiger partial charge in [0.1, 0.15) is 4.33 Å². The molecule has 1 N–H and O–H groups in total. The predicted molar refractivity (Wildman–Crippen MR) is 55.2 cm³/mol. The van der Waals surface area contributed by atoms with E-state index in [0.717, 1.165) is 0 Å². The fourth-order valence-corrected chi connectivity index (χ4v) is 2.33. The predicted octanol–water partition coefficient (Wildman–Crippen LogP) is 1.21. The summed E-state index contributed by atoms with van der Waals surface area (Å²) < 4.78 is 12.6. The van der Waals surface area contributed by atoms with E-state index in [9.17, 15) is 14.0 Å². The van der Waals surface area contributed by atoms with Crippen LogP contribution in [0.5, 0.6) is 0 Å². The molecule has 2 rings (SSSR count). The summed E-state index contributed by atoms with van der Waals surface area (Å²) in [5, 5.41) is 8.66. The van der Waals surface area contributed by atoms with E-state index in [1.54, 1.807) is 0 Å². The second kappa shape index (κ2) is 3.47. The Kier molecular flexibility index (Phi) is 2.58. The Bertz CT molecular complexity index is 363. The van der Waals surface area contributed by atoms with E-state index in [1.807, 2.05) is 0 Å². The molecule has 7 heteroatoms. The molecule has 2 unspecified atom stereocenters. The third kappa shape index (κ3) is 1.86. The standard InChI is InChI=1S/C9H10Cl2FNO3/c10-9(11)3-5(9)6(14)13-2-1-8(12,4-13)7(15)16/h5H,1-4H2,(H,15,16). The quantitative estimate of drug-likeness (QED) is 0.767. The SMILES string of the molecule is O=C(C1CC1(Cl)Cl)N1CCC(F)(C(=O)O)C1. The maximum absolute atomic E-state index is 13.7. The number of nitrogens with zero attached hydrogens (tertiary/aromatic N) is 1. The molecule has 2 atom stereocenters. The summed E-state index contributed by atoms with van der Waals surface area (Å²) >= 11 is 11.4. The van der Waals surface area contributed by atoms with E-state index < -0.39 is 28.4 Å². The lowest BCUT2D eigenvalue weighted by molar-refractivity contribution is -0.150. The molecule has 1 aliphatic heterocycles. The zero-order valence-electron chi connectivity index (χ0n) is 8.25. The first-order valence-corrected chi connectivity index (χ1v) is 5.61. The Morgan fingerprint density at radius 3 is 2.38 bits per heavy atom. The number of aliphatic carboxylic acids is 1. The number of likely N-dealkylation sites (tertiary alicyclic amines) is 1. The van der Waals surface area contributed by atoms with Crippen molar-refractivity contribution in [1.82, 2.24) is 4.90 Å². The van der Waals surface area contributed by atoms with Crippen LogP contribution in [0.4, 0.5) is 4.39 Å². The highest BCUT2D eigenvalue weighted by molar-refractivity contribution is 6.52. The van der Waals surface area contributed by atoms with Crippen LogP contribution < -0.4 is 0 Å². The first-order valence-electron chi connectivity index (χ1n) is 4.85. The van der Waals surface area contributed by atoms with E-state index in [0.29, 0.717) is 6.42 Å². The van der Waals surface area contributed by atoms with Gasteiger partial charge in [0, 0.05) is 13.0 Å². The molecule has 2 fully saturated rings. The number of carbonyl (C=O) groups excluding carboxylic acids is 1. The molecule has 1 saturated carbocycles. The van der Waals surface area contributed by atoms with Crippen molar-refractivity contribution in [2.75, 3.05) is 13.1 Å². The van der Waals surface area contributed by atoms with Crippen LogP contribution in [-0.4, -0.2) is 45.0 Å². The van der Waals surface area contributed by atoms with Crippen molar-refractivity contribution < 1.29 is 19.1 Å². The van der Waals surface area contributed by atoms with Crippen LogP contribution in [-0.2, 0) is 9.59 Å². The average Bonchev–Trinajstić information content (AvgIpc) is 2.62. The van der Waals surface area contributed by atoms with Crippen LogP contribution in [0.3, 0.4) is 0 Å². The van der Waals surface area contributed by atoms with Crippen LogP contribution in [0, 0.1) is 5.92 Å². The van der Waals surface area contributed by atoms with Crippen LogP contribution >= 0.6 is 23.2 Å². The summed E-state index contributed by atoms with van der Waals surface area (Å²) in [7, 11) is 0. The van der Waals surface area contributed by atoms with Gasteiger partial charge in [-0.1, -0.05) is 0 Å². The van der Waals surface area contributed by atoms with Crippen molar-refractivity contribution >= 4 is 35.1 Å². The lowest BCUT2D eigenvalue weighted by Gasteiger charge is -2.17. The minimum atomic E-state index is -2.33. The van der Waals surface area contributed by atoms with E-state index in [-0.39, 0.29) is 18.9 Å². The molecule has 0 bridgehead atoms. The highest BCUT2D eigenvalue weighted by atomic mass is 35.5. The number of rotatable bonds is 2. The Morgan fingerprint density at radius 2 is 2.00 bits per heavy atom. The molecule has 2 aliphatic rings. The summed E-state index contributed by atoms with van der Waals surface area (Å²) in [6.45, 7) is -0.316. The number of hydrogen-bond donors (Lipinski definition) is 1. The lowest BCUT2D eigenvalue weighted by Crippen LogP contribution is -2.39. The Hall–Kier alpha value is -0.550. The summed E-state index contributed by atoms with van der Waals surface area (Å²) in [5.74, 6) is -2.40. The summed E-state index contributed by atoms with van der Waals surface area (Å²) in [4.78, 5) is 23.6. The van der Waals surface area contributed by atoms with Crippen molar-refractivity contribution in [2.24, 2.45) is 5.92 Å². The Balaban J connectivity index is 2.00. The zero-order chi connectivity index (χ0) is 12.1. The van der Waals surface area contributed by atoms with E-state index in [2.05, 4.69) is 0 Å². The van der Waals surface area contributed by atoms with Crippen LogP contribution in [0.2, 0.25) is 0 Å². The van der Waals surface area contributed by atoms with Crippen molar-refractivity contribution in [2.45, 2.75) is 22.8 Å². The molecule has 16 heavy (non-hydrogen) atoms. The molecule has 4 nitrogen and oxygen atoms in total.